The molecule has 1 amide bonds. The highest BCUT2D eigenvalue weighted by molar-refractivity contribution is 7.89. The highest BCUT2D eigenvalue weighted by atomic mass is 32.2. The first kappa shape index (κ1) is 23.5. The number of hydrogen-bond acceptors (Lipinski definition) is 6. The number of benzene rings is 1. The van der Waals surface area contributed by atoms with Gasteiger partial charge in [0, 0.05) is 42.3 Å². The van der Waals surface area contributed by atoms with Crippen LogP contribution in [-0.4, -0.2) is 41.7 Å². The number of hydrogen-bond donors (Lipinski definition) is 1. The quantitative estimate of drug-likeness (QED) is 0.522. The van der Waals surface area contributed by atoms with Crippen molar-refractivity contribution >= 4 is 32.4 Å². The van der Waals surface area contributed by atoms with Crippen LogP contribution in [0.5, 0.6) is 0 Å². The number of aromatic nitrogens is 2. The topological polar surface area (TPSA) is 92.3 Å². The van der Waals surface area contributed by atoms with Gasteiger partial charge in [0.25, 0.3) is 0 Å². The van der Waals surface area contributed by atoms with E-state index in [1.165, 1.54) is 27.4 Å². The minimum Gasteiger partial charge on any atom is -0.302 e. The molecule has 4 rings (SSSR count). The van der Waals surface area contributed by atoms with E-state index >= 15 is 0 Å². The third-order valence-corrected chi connectivity index (χ3v) is 8.86. The van der Waals surface area contributed by atoms with Gasteiger partial charge < -0.3 is 5.32 Å². The number of sulfonamides is 1. The van der Waals surface area contributed by atoms with Gasteiger partial charge >= 0.3 is 0 Å². The summed E-state index contributed by atoms with van der Waals surface area (Å²) in [6.07, 6.45) is 4.94. The fourth-order valence-electron chi connectivity index (χ4n) is 3.90. The zero-order valence-electron chi connectivity index (χ0n) is 18.8. The summed E-state index contributed by atoms with van der Waals surface area (Å²) in [4.78, 5) is 21.4. The van der Waals surface area contributed by atoms with Gasteiger partial charge in [0.15, 0.2) is 5.13 Å². The van der Waals surface area contributed by atoms with Crippen molar-refractivity contribution in [1.82, 2.24) is 14.3 Å². The van der Waals surface area contributed by atoms with E-state index in [0.29, 0.717) is 37.0 Å². The molecular formula is C24H28N4O3S2. The molecule has 1 unspecified atom stereocenters. The van der Waals surface area contributed by atoms with Crippen molar-refractivity contribution in [1.29, 1.82) is 0 Å². The number of thiazole rings is 1. The molecule has 1 aliphatic heterocycles. The van der Waals surface area contributed by atoms with E-state index in [-0.39, 0.29) is 16.7 Å². The maximum Gasteiger partial charge on any atom is 0.244 e. The van der Waals surface area contributed by atoms with Crippen LogP contribution in [0.2, 0.25) is 0 Å². The second kappa shape index (κ2) is 10.1. The molecule has 0 saturated carbocycles. The summed E-state index contributed by atoms with van der Waals surface area (Å²) in [6, 6.07) is 11.6. The van der Waals surface area contributed by atoms with E-state index in [4.69, 9.17) is 0 Å². The van der Waals surface area contributed by atoms with Crippen LogP contribution >= 0.6 is 11.3 Å². The second-order valence-corrected chi connectivity index (χ2v) is 11.1. The smallest absolute Gasteiger partial charge is 0.244 e. The van der Waals surface area contributed by atoms with Crippen molar-refractivity contribution in [3.05, 3.63) is 59.7 Å². The minimum atomic E-state index is -3.58. The predicted molar refractivity (Wildman–Crippen MR) is 131 cm³/mol. The lowest BCUT2D eigenvalue weighted by molar-refractivity contribution is -0.120. The van der Waals surface area contributed by atoms with Crippen LogP contribution in [0.4, 0.5) is 5.13 Å². The van der Waals surface area contributed by atoms with Crippen LogP contribution < -0.4 is 5.32 Å². The third-order valence-electron chi connectivity index (χ3n) is 6.22. The Morgan fingerprint density at radius 2 is 1.94 bits per heavy atom. The molecule has 9 heteroatoms. The van der Waals surface area contributed by atoms with E-state index in [0.717, 1.165) is 17.7 Å². The molecule has 174 valence electrons. The van der Waals surface area contributed by atoms with Crippen LogP contribution in [-0.2, 0) is 14.8 Å². The lowest BCUT2D eigenvalue weighted by Gasteiger charge is -2.30. The molecule has 3 heterocycles. The van der Waals surface area contributed by atoms with Crippen molar-refractivity contribution in [3.8, 4) is 11.3 Å². The van der Waals surface area contributed by atoms with Crippen LogP contribution in [0, 0.1) is 5.92 Å². The van der Waals surface area contributed by atoms with Crippen molar-refractivity contribution in [2.45, 2.75) is 43.9 Å². The van der Waals surface area contributed by atoms with Gasteiger partial charge in [-0.05, 0) is 42.9 Å². The summed E-state index contributed by atoms with van der Waals surface area (Å²) in [6.45, 7) is 5.00. The molecule has 1 aromatic carbocycles. The number of amides is 1. The Hall–Kier alpha value is -2.62. The monoisotopic (exact) mass is 484 g/mol. The standard InChI is InChI=1S/C24H28N4O3S2/c1-3-17(2)18-6-8-19(9-7-18)22-16-32-24(26-22)27-23(29)20-10-13-28(14-11-20)33(30,31)21-5-4-12-25-15-21/h4-9,12,15-17,20H,3,10-11,13-14H2,1-2H3,(H,26,27,29). The van der Waals surface area contributed by atoms with Gasteiger partial charge in [0.05, 0.1) is 5.69 Å². The number of pyridine rings is 1. The largest absolute Gasteiger partial charge is 0.302 e. The molecule has 1 fully saturated rings. The molecule has 1 aliphatic rings. The SMILES string of the molecule is CCC(C)c1ccc(-c2csc(NC(=O)C3CCN(S(=O)(=O)c4cccnc4)CC3)n2)cc1. The molecule has 7 nitrogen and oxygen atoms in total. The Balaban J connectivity index is 1.34. The Labute approximate surface area is 199 Å². The molecule has 1 saturated heterocycles. The number of rotatable bonds is 7. The number of carbonyl (C=O) groups is 1. The fraction of sp³-hybridized carbons (Fsp3) is 0.375. The number of nitrogens with zero attached hydrogens (tertiary/aromatic N) is 3. The first-order valence-corrected chi connectivity index (χ1v) is 13.5. The van der Waals surface area contributed by atoms with Crippen molar-refractivity contribution in [2.24, 2.45) is 5.92 Å². The summed E-state index contributed by atoms with van der Waals surface area (Å²) in [5.74, 6) is 0.170. The number of piperidine rings is 1. The first-order chi connectivity index (χ1) is 15.9. The minimum absolute atomic E-state index is 0.110. The van der Waals surface area contributed by atoms with Gasteiger partial charge in [-0.25, -0.2) is 13.4 Å². The summed E-state index contributed by atoms with van der Waals surface area (Å²) in [7, 11) is -3.58. The summed E-state index contributed by atoms with van der Waals surface area (Å²) in [5.41, 5.74) is 3.16. The zero-order valence-corrected chi connectivity index (χ0v) is 20.4. The molecule has 0 aliphatic carbocycles. The normalized spacial score (nSPS) is 16.4. The lowest BCUT2D eigenvalue weighted by atomic mass is 9.97. The lowest BCUT2D eigenvalue weighted by Crippen LogP contribution is -2.41. The fourth-order valence-corrected chi connectivity index (χ4v) is 6.05. The van der Waals surface area contributed by atoms with E-state index in [1.54, 1.807) is 18.3 Å². The van der Waals surface area contributed by atoms with Gasteiger partial charge in [-0.15, -0.1) is 11.3 Å². The maximum atomic E-state index is 12.8. The Morgan fingerprint density at radius 3 is 2.58 bits per heavy atom. The third kappa shape index (κ3) is 5.31. The van der Waals surface area contributed by atoms with Crippen LogP contribution in [0.3, 0.4) is 0 Å². The van der Waals surface area contributed by atoms with Gasteiger partial charge in [-0.3, -0.25) is 9.78 Å². The van der Waals surface area contributed by atoms with Crippen LogP contribution in [0.15, 0.2) is 59.1 Å². The van der Waals surface area contributed by atoms with Gasteiger partial charge in [-0.1, -0.05) is 38.1 Å². The molecule has 33 heavy (non-hydrogen) atoms. The van der Waals surface area contributed by atoms with E-state index < -0.39 is 10.0 Å². The van der Waals surface area contributed by atoms with Gasteiger partial charge in [0.1, 0.15) is 4.90 Å². The number of carbonyl (C=O) groups excluding carboxylic acids is 1. The summed E-state index contributed by atoms with van der Waals surface area (Å²) in [5, 5.41) is 5.42. The Morgan fingerprint density at radius 1 is 1.21 bits per heavy atom. The van der Waals surface area contributed by atoms with Gasteiger partial charge in [-0.2, -0.15) is 4.31 Å². The highest BCUT2D eigenvalue weighted by Gasteiger charge is 2.32. The van der Waals surface area contributed by atoms with Crippen molar-refractivity contribution in [3.63, 3.8) is 0 Å². The average Bonchev–Trinajstić information content (AvgIpc) is 3.32. The maximum absolute atomic E-state index is 12.8. The van der Waals surface area contributed by atoms with Crippen molar-refractivity contribution < 1.29 is 13.2 Å². The summed E-state index contributed by atoms with van der Waals surface area (Å²) >= 11 is 1.40. The van der Waals surface area contributed by atoms with Crippen molar-refractivity contribution in [2.75, 3.05) is 18.4 Å². The average molecular weight is 485 g/mol. The molecule has 0 radical (unpaired) electrons. The molecule has 1 atom stereocenters. The highest BCUT2D eigenvalue weighted by Crippen LogP contribution is 2.29. The zero-order chi connectivity index (χ0) is 23.4. The molecule has 1 N–H and O–H groups in total. The van der Waals surface area contributed by atoms with E-state index in [1.807, 2.05) is 5.38 Å². The molecule has 0 bridgehead atoms. The van der Waals surface area contributed by atoms with Crippen LogP contribution in [0.25, 0.3) is 11.3 Å². The second-order valence-electron chi connectivity index (χ2n) is 8.33. The molecular weight excluding hydrogens is 456 g/mol. The Kier molecular flexibility index (Phi) is 7.21. The number of nitrogens with one attached hydrogen (secondary N) is 1. The summed E-state index contributed by atoms with van der Waals surface area (Å²) < 4.78 is 26.9. The predicted octanol–water partition coefficient (Wildman–Crippen LogP) is 4.76. The molecule has 3 aromatic rings. The molecule has 0 spiro atoms. The first-order valence-electron chi connectivity index (χ1n) is 11.2. The van der Waals surface area contributed by atoms with E-state index in [2.05, 4.69) is 53.4 Å². The van der Waals surface area contributed by atoms with Crippen LogP contribution in [0.1, 0.15) is 44.6 Å². The molecule has 2 aromatic heterocycles. The van der Waals surface area contributed by atoms with E-state index in [9.17, 15) is 13.2 Å². The van der Waals surface area contributed by atoms with Gasteiger partial charge in [0.2, 0.25) is 15.9 Å². The number of anilines is 1. The Bertz CT molecular complexity index is 1190.